The molecule has 1 heterocycles. The van der Waals surface area contributed by atoms with E-state index in [1.165, 1.54) is 44.9 Å². The summed E-state index contributed by atoms with van der Waals surface area (Å²) in [6.45, 7) is 8.48. The summed E-state index contributed by atoms with van der Waals surface area (Å²) >= 11 is 0. The van der Waals surface area contributed by atoms with E-state index in [9.17, 15) is 0 Å². The second-order valence-electron chi connectivity index (χ2n) is 5.06. The molecule has 1 saturated heterocycles. The van der Waals surface area contributed by atoms with Crippen molar-refractivity contribution in [2.45, 2.75) is 70.4 Å². The van der Waals surface area contributed by atoms with Gasteiger partial charge in [0.2, 0.25) is 0 Å². The molecule has 0 aromatic carbocycles. The maximum atomic E-state index is 3.89. The molecule has 2 atom stereocenters. The summed E-state index contributed by atoms with van der Waals surface area (Å²) < 4.78 is 0. The van der Waals surface area contributed by atoms with Gasteiger partial charge < -0.3 is 10.6 Å². The van der Waals surface area contributed by atoms with Crippen LogP contribution in [-0.4, -0.2) is 25.2 Å². The van der Waals surface area contributed by atoms with Gasteiger partial charge in [-0.3, -0.25) is 0 Å². The smallest absolute Gasteiger partial charge is 0.0195 e. The average molecular weight is 225 g/mol. The van der Waals surface area contributed by atoms with Gasteiger partial charge in [-0.1, -0.05) is 52.4 Å². The molecular weight excluding hydrogens is 196 g/mol. The van der Waals surface area contributed by atoms with Crippen LogP contribution in [0.15, 0.2) is 0 Å². The summed E-state index contributed by atoms with van der Waals surface area (Å²) in [6.07, 6.45) is 10.4. The predicted molar refractivity (Wildman–Crippen MR) is 71.5 cm³/mol. The van der Waals surface area contributed by atoms with Crippen LogP contribution in [0.25, 0.3) is 0 Å². The monoisotopic (exact) mass is 225 g/mol. The van der Waals surface area contributed by atoms with Gasteiger partial charge in [-0.2, -0.15) is 0 Å². The molecule has 16 heavy (non-hydrogen) atoms. The van der Waals surface area contributed by atoms with Crippen molar-refractivity contribution in [3.05, 3.63) is 6.92 Å². The fourth-order valence-electron chi connectivity index (χ4n) is 2.45. The molecule has 2 heteroatoms. The van der Waals surface area contributed by atoms with Crippen molar-refractivity contribution in [1.82, 2.24) is 10.6 Å². The molecule has 0 aromatic heterocycles. The Morgan fingerprint density at radius 3 is 2.31 bits per heavy atom. The maximum Gasteiger partial charge on any atom is 0.0195 e. The lowest BCUT2D eigenvalue weighted by molar-refractivity contribution is 0.304. The van der Waals surface area contributed by atoms with Crippen LogP contribution in [0.1, 0.15) is 58.3 Å². The zero-order valence-electron chi connectivity index (χ0n) is 10.9. The van der Waals surface area contributed by atoms with Crippen LogP contribution in [0, 0.1) is 6.92 Å². The SMILES string of the molecule is [CH2]CCCCCC1CNCC(CCCC)N1. The molecule has 2 N–H and O–H groups in total. The van der Waals surface area contributed by atoms with E-state index in [4.69, 9.17) is 0 Å². The van der Waals surface area contributed by atoms with Crippen molar-refractivity contribution in [1.29, 1.82) is 0 Å². The van der Waals surface area contributed by atoms with Crippen molar-refractivity contribution < 1.29 is 0 Å². The zero-order valence-corrected chi connectivity index (χ0v) is 10.9. The van der Waals surface area contributed by atoms with Crippen molar-refractivity contribution in [2.75, 3.05) is 13.1 Å². The molecule has 0 spiro atoms. The normalized spacial score (nSPS) is 25.9. The highest BCUT2D eigenvalue weighted by Crippen LogP contribution is 2.10. The molecule has 1 rings (SSSR count). The van der Waals surface area contributed by atoms with E-state index in [-0.39, 0.29) is 0 Å². The number of piperazine rings is 1. The predicted octanol–water partition coefficient (Wildman–Crippen LogP) is 2.89. The van der Waals surface area contributed by atoms with Crippen molar-refractivity contribution in [3.8, 4) is 0 Å². The van der Waals surface area contributed by atoms with Crippen molar-refractivity contribution in [2.24, 2.45) is 0 Å². The lowest BCUT2D eigenvalue weighted by Gasteiger charge is -2.32. The van der Waals surface area contributed by atoms with E-state index in [1.807, 2.05) is 0 Å². The number of nitrogens with one attached hydrogen (secondary N) is 2. The van der Waals surface area contributed by atoms with Gasteiger partial charge >= 0.3 is 0 Å². The third-order valence-electron chi connectivity index (χ3n) is 3.46. The molecule has 2 unspecified atom stereocenters. The van der Waals surface area contributed by atoms with Crippen molar-refractivity contribution >= 4 is 0 Å². The topological polar surface area (TPSA) is 24.1 Å². The zero-order chi connectivity index (χ0) is 11.6. The fraction of sp³-hybridized carbons (Fsp3) is 0.929. The van der Waals surface area contributed by atoms with Crippen LogP contribution in [0.4, 0.5) is 0 Å². The Hall–Kier alpha value is -0.0800. The fourth-order valence-corrected chi connectivity index (χ4v) is 2.45. The standard InChI is InChI=1S/C14H29N2/c1-3-5-7-8-10-14-12-15-11-13(16-14)9-6-4-2/h13-16H,1,3-12H2,2H3. The van der Waals surface area contributed by atoms with E-state index in [0.29, 0.717) is 12.1 Å². The Morgan fingerprint density at radius 2 is 1.69 bits per heavy atom. The molecule has 0 amide bonds. The molecule has 1 fully saturated rings. The van der Waals surface area contributed by atoms with E-state index in [1.54, 1.807) is 0 Å². The second-order valence-corrected chi connectivity index (χ2v) is 5.06. The van der Waals surface area contributed by atoms with Crippen LogP contribution in [0.3, 0.4) is 0 Å². The van der Waals surface area contributed by atoms with Crippen LogP contribution in [-0.2, 0) is 0 Å². The Kier molecular flexibility index (Phi) is 7.87. The first-order chi connectivity index (χ1) is 7.86. The average Bonchev–Trinajstić information content (AvgIpc) is 2.33. The minimum atomic E-state index is 0.709. The molecule has 0 aromatic rings. The molecule has 0 aliphatic carbocycles. The number of unbranched alkanes of at least 4 members (excludes halogenated alkanes) is 4. The first-order valence-electron chi connectivity index (χ1n) is 7.12. The summed E-state index contributed by atoms with van der Waals surface area (Å²) in [4.78, 5) is 0. The molecule has 1 aliphatic rings. The third-order valence-corrected chi connectivity index (χ3v) is 3.46. The Balaban J connectivity index is 2.07. The number of rotatable bonds is 8. The summed E-state index contributed by atoms with van der Waals surface area (Å²) in [6, 6.07) is 1.42. The molecule has 2 nitrogen and oxygen atoms in total. The van der Waals surface area contributed by atoms with Gasteiger partial charge in [-0.05, 0) is 12.8 Å². The van der Waals surface area contributed by atoms with Gasteiger partial charge in [0, 0.05) is 25.2 Å². The minimum Gasteiger partial charge on any atom is -0.314 e. The van der Waals surface area contributed by atoms with Crippen LogP contribution in [0.5, 0.6) is 0 Å². The number of hydrogen-bond acceptors (Lipinski definition) is 2. The molecule has 95 valence electrons. The van der Waals surface area contributed by atoms with Gasteiger partial charge in [0.05, 0.1) is 0 Å². The summed E-state index contributed by atoms with van der Waals surface area (Å²) in [5.74, 6) is 0. The summed E-state index contributed by atoms with van der Waals surface area (Å²) in [5.41, 5.74) is 0. The van der Waals surface area contributed by atoms with Crippen LogP contribution < -0.4 is 10.6 Å². The summed E-state index contributed by atoms with van der Waals surface area (Å²) in [5, 5.41) is 7.35. The largest absolute Gasteiger partial charge is 0.314 e. The molecule has 0 saturated carbocycles. The lowest BCUT2D eigenvalue weighted by atomic mass is 10.0. The lowest BCUT2D eigenvalue weighted by Crippen LogP contribution is -2.54. The van der Waals surface area contributed by atoms with Crippen LogP contribution in [0.2, 0.25) is 0 Å². The molecule has 0 bridgehead atoms. The Bertz CT molecular complexity index is 159. The highest BCUT2D eigenvalue weighted by molar-refractivity contribution is 4.83. The van der Waals surface area contributed by atoms with Crippen molar-refractivity contribution in [3.63, 3.8) is 0 Å². The van der Waals surface area contributed by atoms with Gasteiger partial charge in [0.15, 0.2) is 0 Å². The third kappa shape index (κ3) is 5.86. The van der Waals surface area contributed by atoms with E-state index < -0.39 is 0 Å². The quantitative estimate of drug-likeness (QED) is 0.621. The first-order valence-corrected chi connectivity index (χ1v) is 7.12. The second kappa shape index (κ2) is 9.00. The molecule has 1 radical (unpaired) electrons. The summed E-state index contributed by atoms with van der Waals surface area (Å²) in [7, 11) is 0. The van der Waals surface area contributed by atoms with E-state index in [2.05, 4.69) is 24.5 Å². The first kappa shape index (κ1) is 14.0. The van der Waals surface area contributed by atoms with Gasteiger partial charge in [0.25, 0.3) is 0 Å². The molecule has 1 aliphatic heterocycles. The van der Waals surface area contributed by atoms with E-state index >= 15 is 0 Å². The van der Waals surface area contributed by atoms with Gasteiger partial charge in [0.1, 0.15) is 0 Å². The van der Waals surface area contributed by atoms with E-state index in [0.717, 1.165) is 19.5 Å². The van der Waals surface area contributed by atoms with Gasteiger partial charge in [-0.15, -0.1) is 0 Å². The Morgan fingerprint density at radius 1 is 1.00 bits per heavy atom. The number of hydrogen-bond donors (Lipinski definition) is 2. The molecular formula is C14H29N2. The highest BCUT2D eigenvalue weighted by Gasteiger charge is 2.19. The van der Waals surface area contributed by atoms with Crippen LogP contribution >= 0.6 is 0 Å². The maximum absolute atomic E-state index is 3.89. The minimum absolute atomic E-state index is 0.709. The highest BCUT2D eigenvalue weighted by atomic mass is 15.1. The Labute approximate surface area is 102 Å². The van der Waals surface area contributed by atoms with Gasteiger partial charge in [-0.25, -0.2) is 0 Å².